The van der Waals surface area contributed by atoms with Crippen LogP contribution in [0.3, 0.4) is 0 Å². The fourth-order valence-corrected chi connectivity index (χ4v) is 4.16. The first-order valence-electron chi connectivity index (χ1n) is 8.71. The van der Waals surface area contributed by atoms with E-state index in [9.17, 15) is 0 Å². The molecule has 0 radical (unpaired) electrons. The molecule has 0 aliphatic carbocycles. The third-order valence-corrected chi connectivity index (χ3v) is 5.63. The normalized spacial score (nSPS) is 12.2. The molecule has 7 heteroatoms. The average Bonchev–Trinajstić information content (AvgIpc) is 3.05. The monoisotopic (exact) mass is 421 g/mol. The third-order valence-electron chi connectivity index (χ3n) is 4.12. The van der Waals surface area contributed by atoms with Crippen molar-refractivity contribution in [3.63, 3.8) is 0 Å². The first-order chi connectivity index (χ1) is 13.0. The number of hydrogen-bond acceptors (Lipinski definition) is 4. The van der Waals surface area contributed by atoms with Gasteiger partial charge in [-0.25, -0.2) is 0 Å². The van der Waals surface area contributed by atoms with Gasteiger partial charge in [0, 0.05) is 22.3 Å². The van der Waals surface area contributed by atoms with Crippen molar-refractivity contribution in [2.75, 3.05) is 0 Å². The smallest absolute Gasteiger partial charge is 0.191 e. The molecule has 3 rings (SSSR count). The largest absolute Gasteiger partial charge is 0.482 e. The Balaban J connectivity index is 1.74. The van der Waals surface area contributed by atoms with Crippen LogP contribution in [0, 0.1) is 6.92 Å². The molecule has 4 nitrogen and oxygen atoms in total. The Morgan fingerprint density at radius 2 is 1.89 bits per heavy atom. The van der Waals surface area contributed by atoms with Crippen molar-refractivity contribution in [1.29, 1.82) is 0 Å². The maximum atomic E-state index is 6.11. The Morgan fingerprint density at radius 3 is 2.59 bits per heavy atom. The Bertz CT molecular complexity index is 929. The lowest BCUT2D eigenvalue weighted by atomic mass is 10.2. The van der Waals surface area contributed by atoms with Crippen LogP contribution in [0.1, 0.15) is 36.9 Å². The van der Waals surface area contributed by atoms with Crippen molar-refractivity contribution < 1.29 is 4.74 Å². The van der Waals surface area contributed by atoms with Crippen molar-refractivity contribution in [3.8, 4) is 5.75 Å². The highest BCUT2D eigenvalue weighted by molar-refractivity contribution is 7.98. The maximum Gasteiger partial charge on any atom is 0.191 e. The second-order valence-corrected chi connectivity index (χ2v) is 7.99. The SMILES string of the molecule is CCn1c(SCc2cccc(Cl)c2)nnc1C(C)Oc1ccc(Cl)cc1C. The predicted octanol–water partition coefficient (Wildman–Crippen LogP) is 6.35. The molecule has 0 bridgehead atoms. The quantitative estimate of drug-likeness (QED) is 0.416. The van der Waals surface area contributed by atoms with Crippen LogP contribution in [0.2, 0.25) is 10.0 Å². The molecule has 1 atom stereocenters. The summed E-state index contributed by atoms with van der Waals surface area (Å²) in [6.45, 7) is 6.81. The van der Waals surface area contributed by atoms with E-state index < -0.39 is 0 Å². The predicted molar refractivity (Wildman–Crippen MR) is 112 cm³/mol. The van der Waals surface area contributed by atoms with Crippen LogP contribution in [0.15, 0.2) is 47.6 Å². The zero-order chi connectivity index (χ0) is 19.4. The molecular formula is C20H21Cl2N3OS. The summed E-state index contributed by atoms with van der Waals surface area (Å²) in [5.74, 6) is 2.38. The molecule has 1 heterocycles. The van der Waals surface area contributed by atoms with Gasteiger partial charge in [0.15, 0.2) is 17.1 Å². The summed E-state index contributed by atoms with van der Waals surface area (Å²) in [5.41, 5.74) is 2.15. The molecule has 0 aliphatic heterocycles. The van der Waals surface area contributed by atoms with Crippen molar-refractivity contribution in [1.82, 2.24) is 14.8 Å². The summed E-state index contributed by atoms with van der Waals surface area (Å²) >= 11 is 13.7. The molecule has 0 N–H and O–H groups in total. The highest BCUT2D eigenvalue weighted by atomic mass is 35.5. The molecule has 0 saturated heterocycles. The topological polar surface area (TPSA) is 39.9 Å². The van der Waals surface area contributed by atoms with Crippen LogP contribution in [0.5, 0.6) is 5.75 Å². The Morgan fingerprint density at radius 1 is 1.11 bits per heavy atom. The van der Waals surface area contributed by atoms with Crippen molar-refractivity contribution >= 4 is 35.0 Å². The van der Waals surface area contributed by atoms with Crippen molar-refractivity contribution in [2.24, 2.45) is 0 Å². The van der Waals surface area contributed by atoms with Gasteiger partial charge in [0.2, 0.25) is 0 Å². The molecule has 0 fully saturated rings. The first-order valence-corrected chi connectivity index (χ1v) is 10.4. The summed E-state index contributed by atoms with van der Waals surface area (Å²) in [4.78, 5) is 0. The summed E-state index contributed by atoms with van der Waals surface area (Å²) in [6.07, 6.45) is -0.224. The summed E-state index contributed by atoms with van der Waals surface area (Å²) in [6, 6.07) is 13.5. The minimum Gasteiger partial charge on any atom is -0.482 e. The lowest BCUT2D eigenvalue weighted by molar-refractivity contribution is 0.208. The van der Waals surface area contributed by atoms with E-state index in [2.05, 4.69) is 27.8 Å². The number of aromatic nitrogens is 3. The van der Waals surface area contributed by atoms with Crippen LogP contribution in [-0.4, -0.2) is 14.8 Å². The molecule has 0 spiro atoms. The fourth-order valence-electron chi connectivity index (χ4n) is 2.77. The zero-order valence-corrected chi connectivity index (χ0v) is 17.8. The second kappa shape index (κ2) is 9.00. The van der Waals surface area contributed by atoms with E-state index in [1.54, 1.807) is 11.8 Å². The van der Waals surface area contributed by atoms with E-state index in [1.165, 1.54) is 0 Å². The van der Waals surface area contributed by atoms with Gasteiger partial charge in [-0.3, -0.25) is 0 Å². The van der Waals surface area contributed by atoms with E-state index in [-0.39, 0.29) is 6.10 Å². The van der Waals surface area contributed by atoms with Crippen LogP contribution >= 0.6 is 35.0 Å². The number of benzene rings is 2. The minimum atomic E-state index is -0.224. The van der Waals surface area contributed by atoms with Gasteiger partial charge in [-0.05, 0) is 62.2 Å². The van der Waals surface area contributed by atoms with Gasteiger partial charge in [-0.15, -0.1) is 10.2 Å². The average molecular weight is 422 g/mol. The Labute approximate surface area is 173 Å². The molecule has 0 saturated carbocycles. The molecule has 1 unspecified atom stereocenters. The lowest BCUT2D eigenvalue weighted by Gasteiger charge is -2.17. The number of thioether (sulfide) groups is 1. The van der Waals surface area contributed by atoms with Crippen molar-refractivity contribution in [3.05, 3.63) is 69.5 Å². The van der Waals surface area contributed by atoms with Gasteiger partial charge < -0.3 is 9.30 Å². The van der Waals surface area contributed by atoms with Crippen LogP contribution in [0.4, 0.5) is 0 Å². The van der Waals surface area contributed by atoms with Gasteiger partial charge in [-0.2, -0.15) is 0 Å². The molecule has 2 aromatic carbocycles. The van der Waals surface area contributed by atoms with E-state index in [4.69, 9.17) is 27.9 Å². The number of halogens is 2. The lowest BCUT2D eigenvalue weighted by Crippen LogP contribution is -2.12. The van der Waals surface area contributed by atoms with E-state index >= 15 is 0 Å². The number of hydrogen-bond donors (Lipinski definition) is 0. The van der Waals surface area contributed by atoms with Gasteiger partial charge in [-0.1, -0.05) is 47.1 Å². The summed E-state index contributed by atoms with van der Waals surface area (Å²) in [7, 11) is 0. The third kappa shape index (κ3) is 4.98. The highest BCUT2D eigenvalue weighted by Gasteiger charge is 2.19. The van der Waals surface area contributed by atoms with Crippen LogP contribution < -0.4 is 4.74 Å². The molecule has 1 aromatic heterocycles. The number of aryl methyl sites for hydroxylation is 1. The van der Waals surface area contributed by atoms with Gasteiger partial charge in [0.25, 0.3) is 0 Å². The molecule has 0 aliphatic rings. The van der Waals surface area contributed by atoms with Gasteiger partial charge in [0.05, 0.1) is 0 Å². The minimum absolute atomic E-state index is 0.224. The van der Waals surface area contributed by atoms with E-state index in [0.29, 0.717) is 5.02 Å². The molecule has 0 amide bonds. The van der Waals surface area contributed by atoms with Crippen molar-refractivity contribution in [2.45, 2.75) is 44.3 Å². The summed E-state index contributed by atoms with van der Waals surface area (Å²) in [5, 5.41) is 11.1. The Kier molecular flexibility index (Phi) is 6.68. The second-order valence-electron chi connectivity index (χ2n) is 6.17. The molecule has 27 heavy (non-hydrogen) atoms. The van der Waals surface area contributed by atoms with Gasteiger partial charge >= 0.3 is 0 Å². The summed E-state index contributed by atoms with van der Waals surface area (Å²) < 4.78 is 8.20. The molecule has 3 aromatic rings. The molecular weight excluding hydrogens is 401 g/mol. The Hall–Kier alpha value is -1.69. The molecule has 142 valence electrons. The number of nitrogens with zero attached hydrogens (tertiary/aromatic N) is 3. The first kappa shape index (κ1) is 20.1. The van der Waals surface area contributed by atoms with Gasteiger partial charge in [0.1, 0.15) is 5.75 Å². The number of ether oxygens (including phenoxy) is 1. The van der Waals surface area contributed by atoms with Crippen LogP contribution in [0.25, 0.3) is 0 Å². The number of rotatable bonds is 7. The standard InChI is InChI=1S/C20H21Cl2N3OS/c1-4-25-19(14(3)26-18-9-8-17(22)10-13(18)2)23-24-20(25)27-12-15-6-5-7-16(21)11-15/h5-11,14H,4,12H2,1-3H3. The maximum absolute atomic E-state index is 6.11. The zero-order valence-electron chi connectivity index (χ0n) is 15.4. The van der Waals surface area contributed by atoms with E-state index in [0.717, 1.165) is 45.2 Å². The van der Waals surface area contributed by atoms with E-state index in [1.807, 2.05) is 50.2 Å². The van der Waals surface area contributed by atoms with Crippen LogP contribution in [-0.2, 0) is 12.3 Å². The fraction of sp³-hybridized carbons (Fsp3) is 0.300. The highest BCUT2D eigenvalue weighted by Crippen LogP contribution is 2.29.